The van der Waals surface area contributed by atoms with Crippen molar-refractivity contribution in [2.45, 2.75) is 19.5 Å². The highest BCUT2D eigenvalue weighted by molar-refractivity contribution is 5.69. The van der Waals surface area contributed by atoms with Crippen LogP contribution in [0.3, 0.4) is 0 Å². The number of methoxy groups -OCH3 is 2. The quantitative estimate of drug-likeness (QED) is 0.601. The number of rotatable bonds is 11. The number of carbonyl (C=O) groups is 1. The van der Waals surface area contributed by atoms with Gasteiger partial charge in [0.05, 0.1) is 13.7 Å². The van der Waals surface area contributed by atoms with E-state index in [4.69, 9.17) is 14.6 Å². The summed E-state index contributed by atoms with van der Waals surface area (Å²) in [5.74, 6) is -0.00758. The largest absolute Gasteiger partial charge is 0.496 e. The number of carboxylic acids is 1. The zero-order valence-electron chi connectivity index (χ0n) is 13.6. The summed E-state index contributed by atoms with van der Waals surface area (Å²) in [7, 11) is 5.13. The summed E-state index contributed by atoms with van der Waals surface area (Å²) in [4.78, 5) is 12.4. The standard InChI is InChI=1S/C16H26N2O4/c1-18(12-16(19)20)11-13-5-6-14(15(9-13)22-3)10-17-7-4-8-21-2/h5-6,9,17H,4,7-8,10-12H2,1-3H3,(H,19,20). The van der Waals surface area contributed by atoms with E-state index >= 15 is 0 Å². The second kappa shape index (κ2) is 10.2. The third kappa shape index (κ3) is 6.89. The maximum absolute atomic E-state index is 10.7. The average Bonchev–Trinajstić information content (AvgIpc) is 2.47. The van der Waals surface area contributed by atoms with Gasteiger partial charge in [-0.2, -0.15) is 0 Å². The van der Waals surface area contributed by atoms with Crippen molar-refractivity contribution in [2.24, 2.45) is 0 Å². The van der Waals surface area contributed by atoms with Crippen molar-refractivity contribution >= 4 is 5.97 Å². The van der Waals surface area contributed by atoms with Crippen LogP contribution in [0.5, 0.6) is 5.75 Å². The second-order valence-corrected chi connectivity index (χ2v) is 5.24. The number of carboxylic acid groups (broad SMARTS) is 1. The molecule has 6 nitrogen and oxygen atoms in total. The zero-order chi connectivity index (χ0) is 16.4. The number of aliphatic carboxylic acids is 1. The predicted molar refractivity (Wildman–Crippen MR) is 85.2 cm³/mol. The van der Waals surface area contributed by atoms with E-state index in [9.17, 15) is 4.79 Å². The minimum atomic E-state index is -0.827. The van der Waals surface area contributed by atoms with Gasteiger partial charge in [0, 0.05) is 32.4 Å². The van der Waals surface area contributed by atoms with E-state index < -0.39 is 5.97 Å². The Kier molecular flexibility index (Phi) is 8.50. The molecule has 0 spiro atoms. The Morgan fingerprint density at radius 1 is 1.36 bits per heavy atom. The summed E-state index contributed by atoms with van der Waals surface area (Å²) in [5, 5.41) is 12.1. The normalized spacial score (nSPS) is 10.9. The first-order valence-electron chi connectivity index (χ1n) is 7.32. The molecule has 0 saturated heterocycles. The Bertz CT molecular complexity index is 465. The van der Waals surface area contributed by atoms with Crippen molar-refractivity contribution in [1.82, 2.24) is 10.2 Å². The number of hydrogen-bond acceptors (Lipinski definition) is 5. The molecule has 0 amide bonds. The van der Waals surface area contributed by atoms with Gasteiger partial charge in [-0.3, -0.25) is 9.69 Å². The lowest BCUT2D eigenvalue weighted by Gasteiger charge is -2.16. The Balaban J connectivity index is 2.56. The van der Waals surface area contributed by atoms with Crippen molar-refractivity contribution in [3.05, 3.63) is 29.3 Å². The molecule has 0 aliphatic carbocycles. The van der Waals surface area contributed by atoms with Gasteiger partial charge in [-0.05, 0) is 31.6 Å². The molecule has 0 saturated carbocycles. The summed E-state index contributed by atoms with van der Waals surface area (Å²) in [6.07, 6.45) is 0.969. The summed E-state index contributed by atoms with van der Waals surface area (Å²) >= 11 is 0. The summed E-state index contributed by atoms with van der Waals surface area (Å²) in [5.41, 5.74) is 2.12. The van der Waals surface area contributed by atoms with Crippen LogP contribution in [0.25, 0.3) is 0 Å². The van der Waals surface area contributed by atoms with Crippen LogP contribution >= 0.6 is 0 Å². The highest BCUT2D eigenvalue weighted by Crippen LogP contribution is 2.21. The molecule has 124 valence electrons. The van der Waals surface area contributed by atoms with Gasteiger partial charge in [0.1, 0.15) is 5.75 Å². The zero-order valence-corrected chi connectivity index (χ0v) is 13.6. The van der Waals surface area contributed by atoms with Crippen LogP contribution in [0, 0.1) is 0 Å². The van der Waals surface area contributed by atoms with Crippen LogP contribution in [-0.2, 0) is 22.6 Å². The van der Waals surface area contributed by atoms with Crippen LogP contribution in [0.15, 0.2) is 18.2 Å². The molecular weight excluding hydrogens is 284 g/mol. The molecule has 0 radical (unpaired) electrons. The van der Waals surface area contributed by atoms with Crippen LogP contribution in [-0.4, -0.2) is 56.9 Å². The van der Waals surface area contributed by atoms with Gasteiger partial charge in [-0.15, -0.1) is 0 Å². The lowest BCUT2D eigenvalue weighted by molar-refractivity contribution is -0.138. The smallest absolute Gasteiger partial charge is 0.317 e. The number of hydrogen-bond donors (Lipinski definition) is 2. The van der Waals surface area contributed by atoms with Crippen molar-refractivity contribution in [3.63, 3.8) is 0 Å². The van der Waals surface area contributed by atoms with Gasteiger partial charge < -0.3 is 19.9 Å². The molecule has 0 heterocycles. The molecule has 1 rings (SSSR count). The fourth-order valence-corrected chi connectivity index (χ4v) is 2.20. The van der Waals surface area contributed by atoms with Gasteiger partial charge in [-0.1, -0.05) is 12.1 Å². The topological polar surface area (TPSA) is 71.0 Å². The van der Waals surface area contributed by atoms with Crippen LogP contribution < -0.4 is 10.1 Å². The molecule has 1 aromatic rings. The molecule has 0 unspecified atom stereocenters. The summed E-state index contributed by atoms with van der Waals surface area (Å²) in [6.45, 7) is 2.96. The Morgan fingerprint density at radius 2 is 2.14 bits per heavy atom. The Morgan fingerprint density at radius 3 is 2.77 bits per heavy atom. The van der Waals surface area contributed by atoms with E-state index in [2.05, 4.69) is 5.32 Å². The van der Waals surface area contributed by atoms with Gasteiger partial charge in [0.15, 0.2) is 0 Å². The van der Waals surface area contributed by atoms with Crippen molar-refractivity contribution in [2.75, 3.05) is 41.0 Å². The van der Waals surface area contributed by atoms with E-state index in [0.29, 0.717) is 6.54 Å². The number of benzene rings is 1. The fourth-order valence-electron chi connectivity index (χ4n) is 2.20. The number of ether oxygens (including phenoxy) is 2. The number of nitrogens with zero attached hydrogens (tertiary/aromatic N) is 1. The van der Waals surface area contributed by atoms with Crippen LogP contribution in [0.2, 0.25) is 0 Å². The minimum Gasteiger partial charge on any atom is -0.496 e. The summed E-state index contributed by atoms with van der Waals surface area (Å²) in [6, 6.07) is 5.99. The van der Waals surface area contributed by atoms with E-state index in [-0.39, 0.29) is 6.54 Å². The molecule has 22 heavy (non-hydrogen) atoms. The number of likely N-dealkylation sites (N-methyl/N-ethyl adjacent to an activating group) is 1. The first-order valence-corrected chi connectivity index (χ1v) is 7.32. The third-order valence-electron chi connectivity index (χ3n) is 3.23. The summed E-state index contributed by atoms with van der Waals surface area (Å²) < 4.78 is 10.4. The molecule has 1 aromatic carbocycles. The van der Waals surface area contributed by atoms with E-state index in [0.717, 1.165) is 43.0 Å². The molecule has 2 N–H and O–H groups in total. The predicted octanol–water partition coefficient (Wildman–Crippen LogP) is 1.34. The Hall–Kier alpha value is -1.63. The molecule has 0 atom stereocenters. The maximum atomic E-state index is 10.7. The molecular formula is C16H26N2O4. The average molecular weight is 310 g/mol. The van der Waals surface area contributed by atoms with Gasteiger partial charge in [0.25, 0.3) is 0 Å². The minimum absolute atomic E-state index is 0.0190. The van der Waals surface area contributed by atoms with Crippen molar-refractivity contribution in [3.8, 4) is 5.75 Å². The Labute approximate surface area is 132 Å². The highest BCUT2D eigenvalue weighted by Gasteiger charge is 2.08. The number of nitrogens with one attached hydrogen (secondary N) is 1. The van der Waals surface area contributed by atoms with E-state index in [1.807, 2.05) is 18.2 Å². The van der Waals surface area contributed by atoms with Gasteiger partial charge >= 0.3 is 5.97 Å². The lowest BCUT2D eigenvalue weighted by atomic mass is 10.1. The van der Waals surface area contributed by atoms with Crippen molar-refractivity contribution in [1.29, 1.82) is 0 Å². The van der Waals surface area contributed by atoms with Gasteiger partial charge in [-0.25, -0.2) is 0 Å². The second-order valence-electron chi connectivity index (χ2n) is 5.24. The molecule has 0 fully saturated rings. The fraction of sp³-hybridized carbons (Fsp3) is 0.562. The molecule has 0 bridgehead atoms. The van der Waals surface area contributed by atoms with E-state index in [1.54, 1.807) is 26.2 Å². The van der Waals surface area contributed by atoms with E-state index in [1.165, 1.54) is 0 Å². The molecule has 6 heteroatoms. The van der Waals surface area contributed by atoms with Crippen LogP contribution in [0.4, 0.5) is 0 Å². The SMILES string of the molecule is COCCCNCc1ccc(CN(C)CC(=O)O)cc1OC. The highest BCUT2D eigenvalue weighted by atomic mass is 16.5. The lowest BCUT2D eigenvalue weighted by Crippen LogP contribution is -2.25. The maximum Gasteiger partial charge on any atom is 0.317 e. The molecule has 0 aromatic heterocycles. The van der Waals surface area contributed by atoms with Gasteiger partial charge in [0.2, 0.25) is 0 Å². The van der Waals surface area contributed by atoms with Crippen LogP contribution in [0.1, 0.15) is 17.5 Å². The molecule has 0 aliphatic heterocycles. The first kappa shape index (κ1) is 18.4. The molecule has 0 aliphatic rings. The monoisotopic (exact) mass is 310 g/mol. The third-order valence-corrected chi connectivity index (χ3v) is 3.23. The first-order chi connectivity index (χ1) is 10.6. The van der Waals surface area contributed by atoms with Crippen molar-refractivity contribution < 1.29 is 19.4 Å².